The lowest BCUT2D eigenvalue weighted by Crippen LogP contribution is -2.49. The van der Waals surface area contributed by atoms with Crippen LogP contribution in [0.2, 0.25) is 0 Å². The van der Waals surface area contributed by atoms with E-state index in [-0.39, 0.29) is 17.5 Å². The van der Waals surface area contributed by atoms with Crippen molar-refractivity contribution in [3.05, 3.63) is 94.9 Å². The second-order valence-corrected chi connectivity index (χ2v) is 17.2. The highest BCUT2D eigenvalue weighted by atomic mass is 16.6. The summed E-state index contributed by atoms with van der Waals surface area (Å²) in [6.07, 6.45) is 7.99. The number of anilines is 2. The molecule has 3 aromatic heterocycles. The highest BCUT2D eigenvalue weighted by Gasteiger charge is 2.40. The van der Waals surface area contributed by atoms with Gasteiger partial charge in [0.2, 0.25) is 0 Å². The summed E-state index contributed by atoms with van der Waals surface area (Å²) >= 11 is 0. The number of aliphatic hydroxyl groups excluding tert-OH is 1. The summed E-state index contributed by atoms with van der Waals surface area (Å²) in [5, 5.41) is 16.8. The highest BCUT2D eigenvalue weighted by Crippen LogP contribution is 2.43. The molecule has 0 bridgehead atoms. The Morgan fingerprint density at radius 2 is 1.48 bits per heavy atom. The van der Waals surface area contributed by atoms with Crippen LogP contribution in [0.1, 0.15) is 100 Å². The van der Waals surface area contributed by atoms with Gasteiger partial charge in [-0.25, -0.2) is 19.3 Å². The van der Waals surface area contributed by atoms with Crippen molar-refractivity contribution >= 4 is 23.4 Å². The van der Waals surface area contributed by atoms with Gasteiger partial charge in [0.25, 0.3) is 0 Å². The number of hydrogen-bond donors (Lipinski definition) is 1. The molecule has 2 fully saturated rings. The molecular formula is C46H60N8O6. The molecule has 1 amide bonds. The van der Waals surface area contributed by atoms with Crippen LogP contribution in [-0.2, 0) is 17.8 Å². The number of hydrogen-bond acceptors (Lipinski definition) is 12. The first-order chi connectivity index (χ1) is 28.9. The number of amides is 1. The van der Waals surface area contributed by atoms with Gasteiger partial charge in [-0.15, -0.1) is 5.10 Å². The molecule has 60 heavy (non-hydrogen) atoms. The van der Waals surface area contributed by atoms with Crippen molar-refractivity contribution in [3.63, 3.8) is 0 Å². The third-order valence-corrected chi connectivity index (χ3v) is 11.7. The van der Waals surface area contributed by atoms with E-state index in [0.717, 1.165) is 98.7 Å². The van der Waals surface area contributed by atoms with Crippen molar-refractivity contribution in [2.45, 2.75) is 97.9 Å². The van der Waals surface area contributed by atoms with E-state index in [4.69, 9.17) is 39.0 Å². The van der Waals surface area contributed by atoms with Crippen molar-refractivity contribution in [3.8, 4) is 17.5 Å². The molecule has 14 heteroatoms. The van der Waals surface area contributed by atoms with E-state index in [1.165, 1.54) is 0 Å². The quantitative estimate of drug-likeness (QED) is 0.109. The maximum absolute atomic E-state index is 12.7. The lowest BCUT2D eigenvalue weighted by atomic mass is 9.71. The number of benzene rings is 2. The molecule has 0 radical (unpaired) electrons. The van der Waals surface area contributed by atoms with Gasteiger partial charge in [0.1, 0.15) is 29.0 Å². The Balaban J connectivity index is 1.12. The number of nitrogens with zero attached hydrogens (tertiary/aromatic N) is 8. The zero-order valence-electron chi connectivity index (χ0n) is 36.2. The molecule has 5 heterocycles. The Hall–Kier alpha value is -5.63. The number of aryl methyl sites for hydroxylation is 1. The first kappa shape index (κ1) is 42.5. The van der Waals surface area contributed by atoms with Gasteiger partial charge in [0.05, 0.1) is 32.7 Å². The van der Waals surface area contributed by atoms with Gasteiger partial charge in [0.15, 0.2) is 11.5 Å². The highest BCUT2D eigenvalue weighted by molar-refractivity contribution is 5.68. The third kappa shape index (κ3) is 9.86. The lowest BCUT2D eigenvalue weighted by molar-refractivity contribution is 0.00663. The smallest absolute Gasteiger partial charge is 0.410 e. The molecule has 2 aliphatic rings. The van der Waals surface area contributed by atoms with Gasteiger partial charge < -0.3 is 38.8 Å². The molecule has 2 aromatic carbocycles. The Morgan fingerprint density at radius 1 is 0.883 bits per heavy atom. The number of methoxy groups -OCH3 is 2. The number of rotatable bonds is 14. The van der Waals surface area contributed by atoms with Crippen LogP contribution in [-0.4, -0.2) is 93.3 Å². The zero-order valence-corrected chi connectivity index (χ0v) is 36.2. The molecular weight excluding hydrogens is 761 g/mol. The first-order valence-electron chi connectivity index (χ1n) is 21.1. The molecule has 14 nitrogen and oxygen atoms in total. The fourth-order valence-corrected chi connectivity index (χ4v) is 8.16. The summed E-state index contributed by atoms with van der Waals surface area (Å²) in [6.45, 7) is 14.6. The maximum atomic E-state index is 12.7. The first-order valence-corrected chi connectivity index (χ1v) is 21.1. The van der Waals surface area contributed by atoms with Gasteiger partial charge in [-0.2, -0.15) is 4.98 Å². The minimum atomic E-state index is -1.07. The number of aliphatic hydroxyl groups is 1. The second kappa shape index (κ2) is 18.3. The van der Waals surface area contributed by atoms with E-state index < -0.39 is 11.7 Å². The SMILES string of the molecule is CCCCOc1nc(N(Cc2ccc(OC)cc2)Cc2ccc(OC)cc2)c2ncc(C(O)c3cnc(N4CCC5(CCN(C(=O)OC(C)(C)C)CC5)CC4)c(C)c3)n2n1. The molecule has 1 spiro atoms. The predicted molar refractivity (Wildman–Crippen MR) is 231 cm³/mol. The van der Waals surface area contributed by atoms with Crippen LogP contribution in [0.5, 0.6) is 17.5 Å². The molecule has 1 unspecified atom stereocenters. The number of ether oxygens (including phenoxy) is 4. The van der Waals surface area contributed by atoms with Gasteiger partial charge in [-0.1, -0.05) is 37.6 Å². The van der Waals surface area contributed by atoms with E-state index in [9.17, 15) is 9.90 Å². The van der Waals surface area contributed by atoms with Crippen LogP contribution in [0.4, 0.5) is 16.4 Å². The number of unbranched alkanes of at least 4 members (excludes halogenated alkanes) is 1. The van der Waals surface area contributed by atoms with Gasteiger partial charge in [0, 0.05) is 51.0 Å². The van der Waals surface area contributed by atoms with Crippen molar-refractivity contribution in [2.75, 3.05) is 56.8 Å². The van der Waals surface area contributed by atoms with E-state index >= 15 is 0 Å². The number of fused-ring (bicyclic) bond motifs is 1. The predicted octanol–water partition coefficient (Wildman–Crippen LogP) is 7.93. The summed E-state index contributed by atoms with van der Waals surface area (Å²) in [5.74, 6) is 3.05. The molecule has 0 saturated carbocycles. The second-order valence-electron chi connectivity index (χ2n) is 17.2. The Kier molecular flexibility index (Phi) is 13.0. The van der Waals surface area contributed by atoms with Crippen LogP contribution in [0.3, 0.4) is 0 Å². The van der Waals surface area contributed by atoms with Crippen LogP contribution >= 0.6 is 0 Å². The molecule has 5 aromatic rings. The minimum Gasteiger partial charge on any atom is -0.497 e. The summed E-state index contributed by atoms with van der Waals surface area (Å²) in [6, 6.07) is 18.2. The van der Waals surface area contributed by atoms with Gasteiger partial charge in [-0.05, 0) is 112 Å². The van der Waals surface area contributed by atoms with E-state index in [0.29, 0.717) is 42.4 Å². The number of pyridine rings is 1. The van der Waals surface area contributed by atoms with Gasteiger partial charge in [-0.3, -0.25) is 0 Å². The standard InChI is InChI=1S/C46H60N8O6/c1-8-9-26-59-43-49-42(53(30-33-10-14-36(57-6)15-11-33)31-34-12-16-37(58-7)17-13-34)41-48-29-38(54(41)50-43)39(55)35-27-32(2)40(47-28-35)51-22-18-46(19-23-51)20-24-52(25-21-46)44(56)60-45(3,4)5/h10-17,27-29,39,55H,8-9,18-26,30-31H2,1-7H3. The van der Waals surface area contributed by atoms with E-state index in [1.54, 1.807) is 31.1 Å². The van der Waals surface area contributed by atoms with Crippen molar-refractivity contribution in [2.24, 2.45) is 5.41 Å². The summed E-state index contributed by atoms with van der Waals surface area (Å²) < 4.78 is 24.3. The Bertz CT molecular complexity index is 2150. The maximum Gasteiger partial charge on any atom is 0.410 e. The van der Waals surface area contributed by atoms with Crippen LogP contribution in [0, 0.1) is 12.3 Å². The topological polar surface area (TPSA) is 140 Å². The van der Waals surface area contributed by atoms with Crippen molar-refractivity contribution in [1.29, 1.82) is 0 Å². The zero-order chi connectivity index (χ0) is 42.4. The third-order valence-electron chi connectivity index (χ3n) is 11.7. The van der Waals surface area contributed by atoms with Crippen LogP contribution < -0.4 is 24.0 Å². The van der Waals surface area contributed by atoms with Crippen LogP contribution in [0.25, 0.3) is 5.65 Å². The summed E-state index contributed by atoms with van der Waals surface area (Å²) in [4.78, 5) is 33.7. The van der Waals surface area contributed by atoms with E-state index in [2.05, 4.69) is 16.7 Å². The summed E-state index contributed by atoms with van der Waals surface area (Å²) in [5.41, 5.74) is 4.43. The molecule has 7 rings (SSSR count). The van der Waals surface area contributed by atoms with Crippen molar-refractivity contribution in [1.82, 2.24) is 29.5 Å². The number of carbonyl (C=O) groups excluding carboxylic acids is 1. The van der Waals surface area contributed by atoms with Crippen molar-refractivity contribution < 1.29 is 28.8 Å². The number of likely N-dealkylation sites (tertiary alicyclic amines) is 1. The monoisotopic (exact) mass is 820 g/mol. The fraction of sp³-hybridized carbons (Fsp3) is 0.500. The molecule has 320 valence electrons. The Morgan fingerprint density at radius 3 is 2.03 bits per heavy atom. The molecule has 1 N–H and O–H groups in total. The van der Waals surface area contributed by atoms with E-state index in [1.807, 2.05) is 87.2 Å². The largest absolute Gasteiger partial charge is 0.497 e. The molecule has 0 aliphatic carbocycles. The molecule has 2 saturated heterocycles. The lowest BCUT2D eigenvalue weighted by Gasteiger charge is -2.47. The minimum absolute atomic E-state index is 0.204. The number of carbonyl (C=O) groups is 1. The number of imidazole rings is 1. The average molecular weight is 821 g/mol. The normalized spacial score (nSPS) is 15.9. The average Bonchev–Trinajstić information content (AvgIpc) is 3.67. The van der Waals surface area contributed by atoms with Gasteiger partial charge >= 0.3 is 12.1 Å². The molecule has 2 aliphatic heterocycles. The fourth-order valence-electron chi connectivity index (χ4n) is 8.16. The number of aromatic nitrogens is 5. The summed E-state index contributed by atoms with van der Waals surface area (Å²) in [7, 11) is 3.31. The van der Waals surface area contributed by atoms with Crippen LogP contribution in [0.15, 0.2) is 67.0 Å². The Labute approximate surface area is 353 Å². The number of piperidine rings is 2. The molecule has 1 atom stereocenters.